The zero-order valence-electron chi connectivity index (χ0n) is 12.1. The Labute approximate surface area is 112 Å². The minimum Gasteiger partial charge on any atom is -0.395 e. The van der Waals surface area contributed by atoms with E-state index in [4.69, 9.17) is 0 Å². The van der Waals surface area contributed by atoms with Crippen LogP contribution in [-0.4, -0.2) is 48.3 Å². The molecule has 0 aromatic heterocycles. The first kappa shape index (κ1) is 14.3. The first-order valence-electron chi connectivity index (χ1n) is 7.78. The fraction of sp³-hybridized carbons (Fsp3) is 1.00. The lowest BCUT2D eigenvalue weighted by Gasteiger charge is -2.26. The minimum atomic E-state index is 0.278. The van der Waals surface area contributed by atoms with Crippen LogP contribution in [0.3, 0.4) is 0 Å². The Kier molecular flexibility index (Phi) is 5.46. The lowest BCUT2D eigenvalue weighted by molar-refractivity contribution is 0.181. The van der Waals surface area contributed by atoms with Gasteiger partial charge in [0.2, 0.25) is 0 Å². The maximum atomic E-state index is 9.45. The van der Waals surface area contributed by atoms with E-state index in [0.29, 0.717) is 6.04 Å². The molecule has 1 heterocycles. The van der Waals surface area contributed by atoms with Gasteiger partial charge in [0.25, 0.3) is 0 Å². The van der Waals surface area contributed by atoms with Crippen LogP contribution in [0.2, 0.25) is 0 Å². The van der Waals surface area contributed by atoms with E-state index in [2.05, 4.69) is 24.1 Å². The molecule has 1 aliphatic carbocycles. The molecule has 0 aromatic rings. The predicted octanol–water partition coefficient (Wildman–Crippen LogP) is 1.86. The molecule has 3 nitrogen and oxygen atoms in total. The first-order valence-corrected chi connectivity index (χ1v) is 7.78. The lowest BCUT2D eigenvalue weighted by Crippen LogP contribution is -2.44. The summed E-state index contributed by atoms with van der Waals surface area (Å²) >= 11 is 0. The smallest absolute Gasteiger partial charge is 0.0597 e. The molecule has 0 radical (unpaired) electrons. The summed E-state index contributed by atoms with van der Waals surface area (Å²) in [6.45, 7) is 8.44. The third-order valence-corrected chi connectivity index (χ3v) is 4.56. The number of rotatable bonds is 6. The summed E-state index contributed by atoms with van der Waals surface area (Å²) in [6.07, 6.45) is 6.63. The van der Waals surface area contributed by atoms with Crippen molar-refractivity contribution < 1.29 is 5.11 Å². The Bertz CT molecular complexity index is 241. The largest absolute Gasteiger partial charge is 0.395 e. The molecule has 1 aliphatic heterocycles. The van der Waals surface area contributed by atoms with E-state index in [1.807, 2.05) is 0 Å². The second-order valence-corrected chi connectivity index (χ2v) is 6.56. The Morgan fingerprint density at radius 2 is 1.94 bits per heavy atom. The summed E-state index contributed by atoms with van der Waals surface area (Å²) in [5, 5.41) is 13.0. The zero-order valence-corrected chi connectivity index (χ0v) is 12.1. The van der Waals surface area contributed by atoms with Crippen molar-refractivity contribution in [3.05, 3.63) is 0 Å². The summed E-state index contributed by atoms with van der Waals surface area (Å²) in [6, 6.07) is 0.977. The van der Waals surface area contributed by atoms with Crippen molar-refractivity contribution in [3.8, 4) is 0 Å². The predicted molar refractivity (Wildman–Crippen MR) is 75.7 cm³/mol. The molecule has 106 valence electrons. The maximum absolute atomic E-state index is 9.45. The number of hydrogen-bond donors (Lipinski definition) is 2. The van der Waals surface area contributed by atoms with E-state index in [9.17, 15) is 5.11 Å². The summed E-state index contributed by atoms with van der Waals surface area (Å²) < 4.78 is 0. The van der Waals surface area contributed by atoms with Crippen molar-refractivity contribution in [2.24, 2.45) is 11.8 Å². The van der Waals surface area contributed by atoms with E-state index in [1.54, 1.807) is 0 Å². The first-order chi connectivity index (χ1) is 8.69. The fourth-order valence-corrected chi connectivity index (χ4v) is 3.09. The molecule has 1 saturated heterocycles. The van der Waals surface area contributed by atoms with Gasteiger partial charge in [0, 0.05) is 18.6 Å². The van der Waals surface area contributed by atoms with Gasteiger partial charge >= 0.3 is 0 Å². The molecule has 2 unspecified atom stereocenters. The van der Waals surface area contributed by atoms with Crippen LogP contribution in [0.25, 0.3) is 0 Å². The highest BCUT2D eigenvalue weighted by Gasteiger charge is 2.26. The van der Waals surface area contributed by atoms with Gasteiger partial charge in [0.05, 0.1) is 6.61 Å². The van der Waals surface area contributed by atoms with Crippen molar-refractivity contribution in [1.29, 1.82) is 0 Å². The molecule has 2 atom stereocenters. The van der Waals surface area contributed by atoms with E-state index < -0.39 is 0 Å². The summed E-state index contributed by atoms with van der Waals surface area (Å²) in [5.74, 6) is 1.72. The minimum absolute atomic E-state index is 0.278. The van der Waals surface area contributed by atoms with Gasteiger partial charge in [-0.25, -0.2) is 0 Å². The Balaban J connectivity index is 1.74. The van der Waals surface area contributed by atoms with Crippen LogP contribution in [0.5, 0.6) is 0 Å². The van der Waals surface area contributed by atoms with Gasteiger partial charge in [0.1, 0.15) is 0 Å². The molecule has 18 heavy (non-hydrogen) atoms. The van der Waals surface area contributed by atoms with Crippen LogP contribution in [0.15, 0.2) is 0 Å². The molecule has 0 spiro atoms. The standard InChI is InChI=1S/C15H30N2O/c1-12(2)13-4-3-8-17(9-7-13)10-15(11-18)16-14-5-6-14/h12-16,18H,3-11H2,1-2H3. The SMILES string of the molecule is CC(C)C1CCCN(CC(CO)NC2CC2)CC1. The summed E-state index contributed by atoms with van der Waals surface area (Å²) in [4.78, 5) is 2.55. The van der Waals surface area contributed by atoms with Gasteiger partial charge in [-0.05, 0) is 57.0 Å². The summed E-state index contributed by atoms with van der Waals surface area (Å²) in [7, 11) is 0. The average Bonchev–Trinajstić information content (AvgIpc) is 3.15. The highest BCUT2D eigenvalue weighted by molar-refractivity contribution is 4.86. The van der Waals surface area contributed by atoms with Gasteiger partial charge < -0.3 is 15.3 Å². The lowest BCUT2D eigenvalue weighted by atomic mass is 9.89. The van der Waals surface area contributed by atoms with Gasteiger partial charge in [-0.2, -0.15) is 0 Å². The third-order valence-electron chi connectivity index (χ3n) is 4.56. The van der Waals surface area contributed by atoms with E-state index in [0.717, 1.165) is 18.4 Å². The number of likely N-dealkylation sites (tertiary alicyclic amines) is 1. The molecular formula is C15H30N2O. The number of aliphatic hydroxyl groups is 1. The van der Waals surface area contributed by atoms with E-state index >= 15 is 0 Å². The maximum Gasteiger partial charge on any atom is 0.0597 e. The topological polar surface area (TPSA) is 35.5 Å². The van der Waals surface area contributed by atoms with Gasteiger partial charge in [0.15, 0.2) is 0 Å². The highest BCUT2D eigenvalue weighted by Crippen LogP contribution is 2.25. The van der Waals surface area contributed by atoms with Crippen molar-refractivity contribution in [3.63, 3.8) is 0 Å². The number of hydrogen-bond acceptors (Lipinski definition) is 3. The van der Waals surface area contributed by atoms with Crippen molar-refractivity contribution in [2.45, 2.75) is 58.0 Å². The molecule has 0 aromatic carbocycles. The number of aliphatic hydroxyl groups excluding tert-OH is 1. The van der Waals surface area contributed by atoms with Crippen LogP contribution in [-0.2, 0) is 0 Å². The molecule has 0 amide bonds. The fourth-order valence-electron chi connectivity index (χ4n) is 3.09. The normalized spacial score (nSPS) is 28.3. The van der Waals surface area contributed by atoms with Crippen LogP contribution < -0.4 is 5.32 Å². The molecule has 2 rings (SSSR count). The number of nitrogens with one attached hydrogen (secondary N) is 1. The van der Waals surface area contributed by atoms with E-state index in [-0.39, 0.29) is 12.6 Å². The Hall–Kier alpha value is -0.120. The van der Waals surface area contributed by atoms with Crippen molar-refractivity contribution in [1.82, 2.24) is 10.2 Å². The average molecular weight is 254 g/mol. The second-order valence-electron chi connectivity index (χ2n) is 6.56. The second kappa shape index (κ2) is 6.88. The Morgan fingerprint density at radius 1 is 1.17 bits per heavy atom. The molecular weight excluding hydrogens is 224 g/mol. The molecule has 2 fully saturated rings. The van der Waals surface area contributed by atoms with Gasteiger partial charge in [-0.1, -0.05) is 13.8 Å². The zero-order chi connectivity index (χ0) is 13.0. The third kappa shape index (κ3) is 4.52. The molecule has 3 heteroatoms. The van der Waals surface area contributed by atoms with Crippen LogP contribution in [0.4, 0.5) is 0 Å². The van der Waals surface area contributed by atoms with Crippen molar-refractivity contribution >= 4 is 0 Å². The van der Waals surface area contributed by atoms with Gasteiger partial charge in [-0.3, -0.25) is 0 Å². The van der Waals surface area contributed by atoms with Crippen LogP contribution in [0.1, 0.15) is 46.0 Å². The highest BCUT2D eigenvalue weighted by atomic mass is 16.3. The molecule has 2 N–H and O–H groups in total. The number of nitrogens with zero attached hydrogens (tertiary/aromatic N) is 1. The van der Waals surface area contributed by atoms with E-state index in [1.165, 1.54) is 45.2 Å². The summed E-state index contributed by atoms with van der Waals surface area (Å²) in [5.41, 5.74) is 0. The van der Waals surface area contributed by atoms with Crippen LogP contribution in [0, 0.1) is 11.8 Å². The monoisotopic (exact) mass is 254 g/mol. The Morgan fingerprint density at radius 3 is 2.56 bits per heavy atom. The van der Waals surface area contributed by atoms with Crippen LogP contribution >= 0.6 is 0 Å². The molecule has 0 bridgehead atoms. The molecule has 1 saturated carbocycles. The van der Waals surface area contributed by atoms with Gasteiger partial charge in [-0.15, -0.1) is 0 Å². The molecule has 2 aliphatic rings. The quantitative estimate of drug-likeness (QED) is 0.759. The van der Waals surface area contributed by atoms with Crippen molar-refractivity contribution in [2.75, 3.05) is 26.2 Å².